The maximum atomic E-state index is 12.8. The molecule has 1 aliphatic heterocycles. The van der Waals surface area contributed by atoms with E-state index in [0.717, 1.165) is 10.7 Å². The summed E-state index contributed by atoms with van der Waals surface area (Å²) in [5, 5.41) is 21.3. The lowest BCUT2D eigenvalue weighted by Crippen LogP contribution is -2.51. The van der Waals surface area contributed by atoms with Crippen molar-refractivity contribution in [2.75, 3.05) is 33.2 Å². The molecule has 7 heteroatoms. The Balaban J connectivity index is 1.64. The molecule has 6 nitrogen and oxygen atoms in total. The Hall–Kier alpha value is -1.77. The second kappa shape index (κ2) is 8.08. The van der Waals surface area contributed by atoms with Crippen LogP contribution in [0.15, 0.2) is 65.6 Å². The first-order chi connectivity index (χ1) is 12.8. The van der Waals surface area contributed by atoms with Crippen molar-refractivity contribution >= 4 is 10.0 Å². The third-order valence-electron chi connectivity index (χ3n) is 5.00. The van der Waals surface area contributed by atoms with E-state index in [1.165, 1.54) is 17.7 Å². The fourth-order valence-corrected chi connectivity index (χ4v) is 4.96. The van der Waals surface area contributed by atoms with Gasteiger partial charge in [-0.25, -0.2) is 8.42 Å². The lowest BCUT2D eigenvalue weighted by molar-refractivity contribution is -0.0570. The fraction of sp³-hybridized carbons (Fsp3) is 0.400. The minimum atomic E-state index is -3.74. The molecule has 0 bridgehead atoms. The molecule has 2 aromatic carbocycles. The van der Waals surface area contributed by atoms with Crippen molar-refractivity contribution in [1.29, 1.82) is 0 Å². The molecule has 3 rings (SSSR count). The van der Waals surface area contributed by atoms with E-state index in [1.54, 1.807) is 18.2 Å². The van der Waals surface area contributed by atoms with Crippen LogP contribution < -0.4 is 0 Å². The summed E-state index contributed by atoms with van der Waals surface area (Å²) in [7, 11) is -1.88. The average Bonchev–Trinajstić information content (AvgIpc) is 2.97. The van der Waals surface area contributed by atoms with Crippen molar-refractivity contribution in [2.24, 2.45) is 0 Å². The normalized spacial score (nSPS) is 23.8. The van der Waals surface area contributed by atoms with Gasteiger partial charge in [0.05, 0.1) is 11.0 Å². The van der Waals surface area contributed by atoms with Gasteiger partial charge in [0, 0.05) is 26.2 Å². The highest BCUT2D eigenvalue weighted by atomic mass is 32.2. The first kappa shape index (κ1) is 20.0. The Morgan fingerprint density at radius 1 is 1.11 bits per heavy atom. The molecule has 27 heavy (non-hydrogen) atoms. The van der Waals surface area contributed by atoms with E-state index in [9.17, 15) is 18.6 Å². The number of nitrogens with zero attached hydrogens (tertiary/aromatic N) is 2. The topological polar surface area (TPSA) is 81.1 Å². The van der Waals surface area contributed by atoms with Crippen LogP contribution in [0.1, 0.15) is 5.56 Å². The Morgan fingerprint density at radius 3 is 2.33 bits per heavy atom. The number of aliphatic hydroxyl groups excluding tert-OH is 1. The molecule has 0 saturated carbocycles. The number of likely N-dealkylation sites (N-methyl/N-ethyl adjacent to an activating group) is 1. The summed E-state index contributed by atoms with van der Waals surface area (Å²) in [6, 6.07) is 18.1. The lowest BCUT2D eigenvalue weighted by atomic mass is 10.00. The zero-order chi connectivity index (χ0) is 19.5. The Bertz CT molecular complexity index is 845. The minimum Gasteiger partial charge on any atom is -0.389 e. The smallest absolute Gasteiger partial charge is 0.243 e. The van der Waals surface area contributed by atoms with Gasteiger partial charge in [-0.2, -0.15) is 4.31 Å². The van der Waals surface area contributed by atoms with Crippen LogP contribution in [0.25, 0.3) is 0 Å². The van der Waals surface area contributed by atoms with E-state index in [-0.39, 0.29) is 24.5 Å². The Kier molecular flexibility index (Phi) is 5.98. The van der Waals surface area contributed by atoms with Gasteiger partial charge >= 0.3 is 0 Å². The number of sulfonamides is 1. The molecule has 0 aliphatic carbocycles. The highest BCUT2D eigenvalue weighted by Crippen LogP contribution is 2.28. The predicted molar refractivity (Wildman–Crippen MR) is 104 cm³/mol. The summed E-state index contributed by atoms with van der Waals surface area (Å²) < 4.78 is 26.7. The van der Waals surface area contributed by atoms with Gasteiger partial charge in [0.15, 0.2) is 0 Å². The van der Waals surface area contributed by atoms with Crippen LogP contribution in [-0.2, 0) is 16.4 Å². The van der Waals surface area contributed by atoms with Crippen LogP contribution in [-0.4, -0.2) is 72.8 Å². The van der Waals surface area contributed by atoms with Crippen LogP contribution in [0.3, 0.4) is 0 Å². The molecule has 1 saturated heterocycles. The van der Waals surface area contributed by atoms with E-state index >= 15 is 0 Å². The zero-order valence-electron chi connectivity index (χ0n) is 15.4. The van der Waals surface area contributed by atoms with E-state index < -0.39 is 21.7 Å². The third-order valence-corrected chi connectivity index (χ3v) is 6.82. The Labute approximate surface area is 160 Å². The molecule has 0 radical (unpaired) electrons. The number of β-amino-alcohol motifs (C(OH)–C–C–N with tert-alkyl or cyclic N) is 2. The van der Waals surface area contributed by atoms with Crippen LogP contribution in [0, 0.1) is 0 Å². The first-order valence-corrected chi connectivity index (χ1v) is 10.4. The molecule has 1 fully saturated rings. The molecule has 1 heterocycles. The van der Waals surface area contributed by atoms with E-state index in [2.05, 4.69) is 0 Å². The molecule has 0 amide bonds. The van der Waals surface area contributed by atoms with Gasteiger partial charge in [0.1, 0.15) is 5.60 Å². The van der Waals surface area contributed by atoms with Gasteiger partial charge in [-0.05, 0) is 31.2 Å². The average molecular weight is 391 g/mol. The molecule has 1 aliphatic rings. The van der Waals surface area contributed by atoms with E-state index in [0.29, 0.717) is 6.54 Å². The monoisotopic (exact) mass is 390 g/mol. The Morgan fingerprint density at radius 2 is 1.70 bits per heavy atom. The van der Waals surface area contributed by atoms with Crippen molar-refractivity contribution in [3.8, 4) is 0 Å². The number of aliphatic hydroxyl groups is 2. The van der Waals surface area contributed by atoms with Crippen molar-refractivity contribution < 1.29 is 18.6 Å². The molecular weight excluding hydrogens is 364 g/mol. The van der Waals surface area contributed by atoms with Crippen molar-refractivity contribution in [3.05, 3.63) is 66.2 Å². The standard InChI is InChI=1S/C20H26N2O4S/c1-21(13-12-17-8-4-2-5-9-17)15-20(24)16-22(14-19(20)23)27(25,26)18-10-6-3-7-11-18/h2-11,19,23-24H,12-16H2,1H3/t19-,20+/m1/s1. The summed E-state index contributed by atoms with van der Waals surface area (Å²) in [6.45, 7) is 0.660. The van der Waals surface area contributed by atoms with Gasteiger partial charge in [-0.1, -0.05) is 48.5 Å². The molecule has 2 aromatic rings. The second-order valence-corrected chi connectivity index (χ2v) is 9.14. The number of hydrogen-bond donors (Lipinski definition) is 2. The fourth-order valence-electron chi connectivity index (χ4n) is 3.43. The highest BCUT2D eigenvalue weighted by Gasteiger charge is 2.49. The van der Waals surface area contributed by atoms with Crippen LogP contribution in [0.2, 0.25) is 0 Å². The molecule has 2 atom stereocenters. The molecule has 146 valence electrons. The van der Waals surface area contributed by atoms with Gasteiger partial charge in [0.2, 0.25) is 10.0 Å². The number of rotatable bonds is 7. The summed E-state index contributed by atoms with van der Waals surface area (Å²) in [5.74, 6) is 0. The summed E-state index contributed by atoms with van der Waals surface area (Å²) >= 11 is 0. The van der Waals surface area contributed by atoms with Gasteiger partial charge in [-0.15, -0.1) is 0 Å². The van der Waals surface area contributed by atoms with Gasteiger partial charge in [0.25, 0.3) is 0 Å². The number of hydrogen-bond acceptors (Lipinski definition) is 5. The highest BCUT2D eigenvalue weighted by molar-refractivity contribution is 7.89. The number of benzene rings is 2. The van der Waals surface area contributed by atoms with Gasteiger partial charge < -0.3 is 15.1 Å². The summed E-state index contributed by atoms with van der Waals surface area (Å²) in [6.07, 6.45) is -0.314. The summed E-state index contributed by atoms with van der Waals surface area (Å²) in [5.41, 5.74) is -0.301. The summed E-state index contributed by atoms with van der Waals surface area (Å²) in [4.78, 5) is 2.09. The molecular formula is C20H26N2O4S. The van der Waals surface area contributed by atoms with Crippen LogP contribution in [0.5, 0.6) is 0 Å². The molecule has 0 aromatic heterocycles. The van der Waals surface area contributed by atoms with E-state index in [1.807, 2.05) is 42.3 Å². The quantitative estimate of drug-likeness (QED) is 0.736. The maximum absolute atomic E-state index is 12.8. The van der Waals surface area contributed by atoms with Crippen molar-refractivity contribution in [3.63, 3.8) is 0 Å². The maximum Gasteiger partial charge on any atom is 0.243 e. The van der Waals surface area contributed by atoms with Crippen LogP contribution in [0.4, 0.5) is 0 Å². The predicted octanol–water partition coefficient (Wildman–Crippen LogP) is 0.957. The molecule has 0 unspecified atom stereocenters. The second-order valence-electron chi connectivity index (χ2n) is 7.20. The molecule has 2 N–H and O–H groups in total. The molecule has 0 spiro atoms. The van der Waals surface area contributed by atoms with Crippen molar-refractivity contribution in [2.45, 2.75) is 23.0 Å². The largest absolute Gasteiger partial charge is 0.389 e. The van der Waals surface area contributed by atoms with Crippen LogP contribution >= 0.6 is 0 Å². The van der Waals surface area contributed by atoms with Crippen molar-refractivity contribution in [1.82, 2.24) is 9.21 Å². The minimum absolute atomic E-state index is 0.111. The SMILES string of the molecule is CN(CCc1ccccc1)C[C@]1(O)CN(S(=O)(=O)c2ccccc2)C[C@H]1O. The van der Waals surface area contributed by atoms with E-state index in [4.69, 9.17) is 0 Å². The first-order valence-electron chi connectivity index (χ1n) is 8.99. The zero-order valence-corrected chi connectivity index (χ0v) is 16.2. The lowest BCUT2D eigenvalue weighted by Gasteiger charge is -2.31. The third kappa shape index (κ3) is 4.56. The van der Waals surface area contributed by atoms with Gasteiger partial charge in [-0.3, -0.25) is 0 Å².